The molecule has 3 rings (SSSR count). The summed E-state index contributed by atoms with van der Waals surface area (Å²) in [6, 6.07) is 14.0. The van der Waals surface area contributed by atoms with Gasteiger partial charge in [0.05, 0.1) is 0 Å². The van der Waals surface area contributed by atoms with E-state index < -0.39 is 14.9 Å². The van der Waals surface area contributed by atoms with E-state index in [4.69, 9.17) is 21.9 Å². The van der Waals surface area contributed by atoms with E-state index in [-0.39, 0.29) is 4.22 Å². The van der Waals surface area contributed by atoms with Gasteiger partial charge in [-0.15, -0.1) is 0 Å². The number of halogens is 2. The number of fused-ring (bicyclic) bond motifs is 1. The molecule has 0 radical (unpaired) electrons. The molecule has 0 atom stereocenters. The van der Waals surface area contributed by atoms with E-state index in [0.717, 1.165) is 16.5 Å². The van der Waals surface area contributed by atoms with Crippen LogP contribution in [0.2, 0.25) is 4.22 Å². The van der Waals surface area contributed by atoms with Gasteiger partial charge < -0.3 is 0 Å². The summed E-state index contributed by atoms with van der Waals surface area (Å²) in [5.41, 5.74) is 0. The van der Waals surface area contributed by atoms with Gasteiger partial charge in [0.15, 0.2) is 0 Å². The number of hydrogen-bond donors (Lipinski definition) is 0. The van der Waals surface area contributed by atoms with Crippen molar-refractivity contribution in [2.24, 2.45) is 0 Å². The molecule has 0 saturated carbocycles. The Labute approximate surface area is 124 Å². The van der Waals surface area contributed by atoms with E-state index in [0.29, 0.717) is 0 Å². The van der Waals surface area contributed by atoms with E-state index in [9.17, 15) is 0 Å². The second-order valence-corrected chi connectivity index (χ2v) is 13.0. The standard InChI is InChI=1S/C10H8O.C5H5.2ClH.Ti/c11-10-7-3-5-8-4-1-2-6-9(8)10;1-2-4-5-3-1;;;/h1-7,11H;1-5H;2*1H;/q;;;;+3/p-3. The normalized spacial score (nSPS) is 15.3. The van der Waals surface area contributed by atoms with Crippen LogP contribution >= 0.6 is 18.6 Å². The van der Waals surface area contributed by atoms with E-state index >= 15 is 0 Å². The second-order valence-electron chi connectivity index (χ2n) is 4.44. The van der Waals surface area contributed by atoms with Crippen LogP contribution in [0.3, 0.4) is 0 Å². The summed E-state index contributed by atoms with van der Waals surface area (Å²) in [6.07, 6.45) is 7.93. The Hall–Kier alpha value is -0.726. The Balaban J connectivity index is 1.97. The zero-order valence-electron chi connectivity index (χ0n) is 10.1. The Morgan fingerprint density at radius 1 is 0.895 bits per heavy atom. The first-order valence-corrected chi connectivity index (χ1v) is 11.9. The third-order valence-corrected chi connectivity index (χ3v) is 8.43. The van der Waals surface area contributed by atoms with Gasteiger partial charge in [-0.05, 0) is 0 Å². The Bertz CT molecular complexity index is 647. The van der Waals surface area contributed by atoms with Gasteiger partial charge in [0.1, 0.15) is 0 Å². The van der Waals surface area contributed by atoms with Crippen molar-refractivity contribution in [2.45, 2.75) is 4.22 Å². The van der Waals surface area contributed by atoms with E-state index in [1.165, 1.54) is 0 Å². The van der Waals surface area contributed by atoms with Crippen LogP contribution in [-0.2, 0) is 14.9 Å². The first-order chi connectivity index (χ1) is 9.17. The molecule has 0 saturated heterocycles. The maximum atomic E-state index is 6.51. The monoisotopic (exact) mass is 326 g/mol. The fraction of sp³-hybridized carbons (Fsp3) is 0.0667. The molecule has 96 valence electrons. The molecule has 0 spiro atoms. The predicted octanol–water partition coefficient (Wildman–Crippen LogP) is 5.51. The Kier molecular flexibility index (Phi) is 3.73. The van der Waals surface area contributed by atoms with Crippen molar-refractivity contribution in [2.75, 3.05) is 0 Å². The van der Waals surface area contributed by atoms with Crippen LogP contribution < -0.4 is 3.32 Å². The summed E-state index contributed by atoms with van der Waals surface area (Å²) in [5.74, 6) is 0.775. The summed E-state index contributed by atoms with van der Waals surface area (Å²) in [7, 11) is 13.0. The third kappa shape index (κ3) is 2.75. The van der Waals surface area contributed by atoms with Gasteiger partial charge in [0, 0.05) is 0 Å². The molecule has 0 aliphatic heterocycles. The molecule has 0 aromatic heterocycles. The average molecular weight is 327 g/mol. The molecular weight excluding hydrogens is 315 g/mol. The predicted molar refractivity (Wildman–Crippen MR) is 78.3 cm³/mol. The van der Waals surface area contributed by atoms with Crippen LogP contribution in [0.15, 0.2) is 66.8 Å². The molecule has 0 N–H and O–H groups in total. The summed E-state index contributed by atoms with van der Waals surface area (Å²) in [5, 5.41) is 2.18. The number of allylic oxidation sites excluding steroid dienone is 4. The molecule has 0 bridgehead atoms. The van der Waals surface area contributed by atoms with Gasteiger partial charge in [-0.2, -0.15) is 0 Å². The van der Waals surface area contributed by atoms with E-state index in [1.54, 1.807) is 0 Å². The molecular formula is C15H12Cl2OTi. The number of hydrogen-bond acceptors (Lipinski definition) is 1. The Morgan fingerprint density at radius 2 is 1.58 bits per heavy atom. The Morgan fingerprint density at radius 3 is 2.37 bits per heavy atom. The van der Waals surface area contributed by atoms with E-state index in [2.05, 4.69) is 12.1 Å². The van der Waals surface area contributed by atoms with Crippen molar-refractivity contribution in [1.29, 1.82) is 0 Å². The summed E-state index contributed by atoms with van der Waals surface area (Å²) in [6.45, 7) is 0. The van der Waals surface area contributed by atoms with E-state index in [1.807, 2.05) is 54.6 Å². The second kappa shape index (κ2) is 5.34. The van der Waals surface area contributed by atoms with Crippen molar-refractivity contribution in [3.63, 3.8) is 0 Å². The fourth-order valence-corrected chi connectivity index (χ4v) is 6.04. The van der Waals surface area contributed by atoms with Crippen LogP contribution in [0.25, 0.3) is 10.8 Å². The average Bonchev–Trinajstić information content (AvgIpc) is 2.93. The molecule has 4 heteroatoms. The van der Waals surface area contributed by atoms with Gasteiger partial charge in [-0.1, -0.05) is 0 Å². The van der Waals surface area contributed by atoms with Gasteiger partial charge in [0.25, 0.3) is 0 Å². The minimum atomic E-state index is -3.40. The summed E-state index contributed by atoms with van der Waals surface area (Å²) < 4.78 is 6.06. The topological polar surface area (TPSA) is 9.23 Å². The van der Waals surface area contributed by atoms with Crippen molar-refractivity contribution in [3.05, 3.63) is 66.8 Å². The third-order valence-electron chi connectivity index (χ3n) is 3.13. The van der Waals surface area contributed by atoms with Crippen LogP contribution in [0.5, 0.6) is 5.75 Å². The maximum absolute atomic E-state index is 6.51. The molecule has 1 nitrogen and oxygen atoms in total. The molecule has 19 heavy (non-hydrogen) atoms. The molecule has 2 aromatic carbocycles. The van der Waals surface area contributed by atoms with Crippen molar-refractivity contribution >= 4 is 29.4 Å². The molecule has 2 aromatic rings. The van der Waals surface area contributed by atoms with Crippen LogP contribution in [-0.4, -0.2) is 0 Å². The van der Waals surface area contributed by atoms with Crippen molar-refractivity contribution in [1.82, 2.24) is 0 Å². The fourth-order valence-electron chi connectivity index (χ4n) is 2.16. The zero-order valence-corrected chi connectivity index (χ0v) is 13.2. The molecule has 1 aliphatic rings. The molecule has 1 aliphatic carbocycles. The summed E-state index contributed by atoms with van der Waals surface area (Å²) in [4.78, 5) is 0. The molecule has 0 heterocycles. The van der Waals surface area contributed by atoms with Gasteiger partial charge in [-0.3, -0.25) is 0 Å². The number of benzene rings is 2. The van der Waals surface area contributed by atoms with Gasteiger partial charge in [0.2, 0.25) is 0 Å². The zero-order chi connectivity index (χ0) is 13.3. The summed E-state index contributed by atoms with van der Waals surface area (Å²) >= 11 is -3.40. The quantitative estimate of drug-likeness (QED) is 0.676. The van der Waals surface area contributed by atoms with Crippen molar-refractivity contribution < 1.29 is 18.2 Å². The molecule has 0 fully saturated rings. The van der Waals surface area contributed by atoms with Gasteiger partial charge >= 0.3 is 124 Å². The van der Waals surface area contributed by atoms with Crippen LogP contribution in [0.1, 0.15) is 0 Å². The minimum absolute atomic E-state index is 0.0438. The first-order valence-electron chi connectivity index (χ1n) is 6.06. The van der Waals surface area contributed by atoms with Gasteiger partial charge in [-0.25, -0.2) is 0 Å². The molecule has 0 amide bonds. The van der Waals surface area contributed by atoms with Crippen LogP contribution in [0, 0.1) is 0 Å². The molecule has 0 unspecified atom stereocenters. The number of rotatable bonds is 3. The SMILES string of the molecule is [Cl][Ti]([Cl])([O]c1cccc2ccccc12)[CH]1C=CC=C1. The van der Waals surface area contributed by atoms with Crippen molar-refractivity contribution in [3.8, 4) is 5.75 Å². The first kappa shape index (κ1) is 13.3. The van der Waals surface area contributed by atoms with Crippen LogP contribution in [0.4, 0.5) is 0 Å².